The second-order valence-electron chi connectivity index (χ2n) is 6.19. The zero-order valence-electron chi connectivity index (χ0n) is 14.5. The van der Waals surface area contributed by atoms with Crippen molar-refractivity contribution in [3.8, 4) is 0 Å². The number of para-hydroxylation sites is 1. The molecule has 2 aromatic rings. The number of aromatic nitrogens is 1. The summed E-state index contributed by atoms with van der Waals surface area (Å²) in [4.78, 5) is 42.0. The molecule has 1 aromatic heterocycles. The fourth-order valence-electron chi connectivity index (χ4n) is 2.89. The maximum Gasteiger partial charge on any atom is 0.227 e. The van der Waals surface area contributed by atoms with Crippen LogP contribution >= 0.6 is 15.9 Å². The molecule has 1 saturated heterocycles. The Hall–Kier alpha value is -2.74. The van der Waals surface area contributed by atoms with Gasteiger partial charge in [0.05, 0.1) is 23.5 Å². The molecule has 0 spiro atoms. The van der Waals surface area contributed by atoms with Gasteiger partial charge in [0.25, 0.3) is 0 Å². The van der Waals surface area contributed by atoms with Crippen molar-refractivity contribution in [3.05, 3.63) is 53.3 Å². The molecule has 1 aliphatic rings. The monoisotopic (exact) mass is 430 g/mol. The van der Waals surface area contributed by atoms with Gasteiger partial charge in [-0.2, -0.15) is 0 Å². The molecule has 1 atom stereocenters. The van der Waals surface area contributed by atoms with E-state index in [2.05, 4.69) is 31.5 Å². The zero-order chi connectivity index (χ0) is 19.2. The second-order valence-corrected chi connectivity index (χ2v) is 7.04. The van der Waals surface area contributed by atoms with Crippen LogP contribution in [-0.4, -0.2) is 35.8 Å². The van der Waals surface area contributed by atoms with E-state index in [4.69, 9.17) is 0 Å². The second kappa shape index (κ2) is 8.77. The largest absolute Gasteiger partial charge is 0.355 e. The Kier molecular flexibility index (Phi) is 6.18. The summed E-state index contributed by atoms with van der Waals surface area (Å²) in [6.07, 6.45) is 3.48. The smallest absolute Gasteiger partial charge is 0.227 e. The molecule has 27 heavy (non-hydrogen) atoms. The summed E-state index contributed by atoms with van der Waals surface area (Å²) >= 11 is 3.43. The van der Waals surface area contributed by atoms with Crippen molar-refractivity contribution < 1.29 is 14.4 Å². The molecule has 2 N–H and O–H groups in total. The first-order valence-electron chi connectivity index (χ1n) is 8.57. The van der Waals surface area contributed by atoms with Crippen LogP contribution in [0.5, 0.6) is 0 Å². The number of benzene rings is 1. The van der Waals surface area contributed by atoms with Crippen LogP contribution in [0.3, 0.4) is 0 Å². The zero-order valence-corrected chi connectivity index (χ0v) is 16.1. The Morgan fingerprint density at radius 2 is 2.04 bits per heavy atom. The summed E-state index contributed by atoms with van der Waals surface area (Å²) in [7, 11) is 0. The summed E-state index contributed by atoms with van der Waals surface area (Å²) in [5.41, 5.74) is 1.37. The predicted molar refractivity (Wildman–Crippen MR) is 105 cm³/mol. The van der Waals surface area contributed by atoms with E-state index in [0.29, 0.717) is 12.2 Å². The molecule has 2 heterocycles. The van der Waals surface area contributed by atoms with Crippen molar-refractivity contribution in [2.24, 2.45) is 5.92 Å². The van der Waals surface area contributed by atoms with E-state index >= 15 is 0 Å². The lowest BCUT2D eigenvalue weighted by Gasteiger charge is -2.18. The van der Waals surface area contributed by atoms with Crippen molar-refractivity contribution in [3.63, 3.8) is 0 Å². The third-order valence-electron chi connectivity index (χ3n) is 4.24. The number of anilines is 2. The van der Waals surface area contributed by atoms with E-state index in [0.717, 1.165) is 10.2 Å². The van der Waals surface area contributed by atoms with Gasteiger partial charge in [0.15, 0.2) is 0 Å². The fraction of sp³-hybridized carbons (Fsp3) is 0.263. The van der Waals surface area contributed by atoms with Crippen molar-refractivity contribution in [2.75, 3.05) is 23.3 Å². The minimum absolute atomic E-state index is 0.0867. The van der Waals surface area contributed by atoms with E-state index in [9.17, 15) is 14.4 Å². The first kappa shape index (κ1) is 19.0. The Labute approximate surface area is 165 Å². The number of amides is 3. The van der Waals surface area contributed by atoms with E-state index in [-0.39, 0.29) is 37.1 Å². The highest BCUT2D eigenvalue weighted by Crippen LogP contribution is 2.31. The quantitative estimate of drug-likeness (QED) is 0.735. The van der Waals surface area contributed by atoms with Gasteiger partial charge in [-0.3, -0.25) is 19.4 Å². The first-order valence-corrected chi connectivity index (χ1v) is 9.36. The minimum atomic E-state index is -0.425. The SMILES string of the molecule is O=C(CCNC(=O)C1CC(=O)N(c2ccccc2Br)C1)Nc1cccnc1. The molecule has 7 nitrogen and oxygen atoms in total. The molecule has 3 amide bonds. The normalized spacial score (nSPS) is 16.3. The number of nitrogens with zero attached hydrogens (tertiary/aromatic N) is 2. The fourth-order valence-corrected chi connectivity index (χ4v) is 3.39. The molecule has 1 aromatic carbocycles. The molecule has 1 unspecified atom stereocenters. The van der Waals surface area contributed by atoms with Crippen LogP contribution in [0.15, 0.2) is 53.3 Å². The van der Waals surface area contributed by atoms with Crippen LogP contribution in [0.25, 0.3) is 0 Å². The van der Waals surface area contributed by atoms with Gasteiger partial charge in [0.1, 0.15) is 0 Å². The Morgan fingerprint density at radius 3 is 2.78 bits per heavy atom. The highest BCUT2D eigenvalue weighted by atomic mass is 79.9. The number of hydrogen-bond acceptors (Lipinski definition) is 4. The van der Waals surface area contributed by atoms with Gasteiger partial charge in [0, 0.05) is 36.6 Å². The summed E-state index contributed by atoms with van der Waals surface area (Å²) in [5, 5.41) is 5.45. The maximum absolute atomic E-state index is 12.3. The van der Waals surface area contributed by atoms with Crippen molar-refractivity contribution in [1.29, 1.82) is 0 Å². The third-order valence-corrected chi connectivity index (χ3v) is 4.91. The highest BCUT2D eigenvalue weighted by molar-refractivity contribution is 9.10. The van der Waals surface area contributed by atoms with Crippen molar-refractivity contribution in [2.45, 2.75) is 12.8 Å². The number of pyridine rings is 1. The predicted octanol–water partition coefficient (Wildman–Crippen LogP) is 2.34. The van der Waals surface area contributed by atoms with Crippen LogP contribution < -0.4 is 15.5 Å². The average molecular weight is 431 g/mol. The molecule has 0 aliphatic carbocycles. The topological polar surface area (TPSA) is 91.4 Å². The number of carbonyl (C=O) groups is 3. The van der Waals surface area contributed by atoms with Gasteiger partial charge in [-0.05, 0) is 40.2 Å². The van der Waals surface area contributed by atoms with E-state index in [1.165, 1.54) is 0 Å². The van der Waals surface area contributed by atoms with Crippen molar-refractivity contribution >= 4 is 45.0 Å². The Bertz CT molecular complexity index is 844. The standard InChI is InChI=1S/C19H19BrN4O3/c20-15-5-1-2-6-16(15)24-12-13(10-18(24)26)19(27)22-9-7-17(25)23-14-4-3-8-21-11-14/h1-6,8,11,13H,7,9-10,12H2,(H,22,27)(H,23,25). The molecular formula is C19H19BrN4O3. The summed E-state index contributed by atoms with van der Waals surface area (Å²) in [5.74, 6) is -0.935. The maximum atomic E-state index is 12.3. The number of halogens is 1. The molecular weight excluding hydrogens is 412 g/mol. The molecule has 1 aliphatic heterocycles. The lowest BCUT2D eigenvalue weighted by Crippen LogP contribution is -2.34. The molecule has 0 bridgehead atoms. The van der Waals surface area contributed by atoms with Crippen LogP contribution in [0, 0.1) is 5.92 Å². The molecule has 1 fully saturated rings. The van der Waals surface area contributed by atoms with Crippen LogP contribution in [-0.2, 0) is 14.4 Å². The minimum Gasteiger partial charge on any atom is -0.355 e. The van der Waals surface area contributed by atoms with E-state index < -0.39 is 5.92 Å². The van der Waals surface area contributed by atoms with Gasteiger partial charge < -0.3 is 15.5 Å². The third kappa shape index (κ3) is 4.91. The Balaban J connectivity index is 1.47. The van der Waals surface area contributed by atoms with Crippen LogP contribution in [0.4, 0.5) is 11.4 Å². The molecule has 8 heteroatoms. The number of nitrogens with one attached hydrogen (secondary N) is 2. The highest BCUT2D eigenvalue weighted by Gasteiger charge is 2.35. The number of rotatable bonds is 6. The first-order chi connectivity index (χ1) is 13.0. The summed E-state index contributed by atoms with van der Waals surface area (Å²) in [6.45, 7) is 0.541. The van der Waals surface area contributed by atoms with Gasteiger partial charge in [-0.1, -0.05) is 12.1 Å². The molecule has 0 saturated carbocycles. The summed E-state index contributed by atoms with van der Waals surface area (Å²) < 4.78 is 0.812. The average Bonchev–Trinajstić information content (AvgIpc) is 3.04. The van der Waals surface area contributed by atoms with Crippen molar-refractivity contribution in [1.82, 2.24) is 10.3 Å². The van der Waals surface area contributed by atoms with Crippen LogP contribution in [0.2, 0.25) is 0 Å². The van der Waals surface area contributed by atoms with Gasteiger partial charge >= 0.3 is 0 Å². The number of hydrogen-bond donors (Lipinski definition) is 2. The van der Waals surface area contributed by atoms with E-state index in [1.54, 1.807) is 29.4 Å². The molecule has 3 rings (SSSR count). The van der Waals surface area contributed by atoms with Gasteiger partial charge in [0.2, 0.25) is 17.7 Å². The molecule has 0 radical (unpaired) electrons. The van der Waals surface area contributed by atoms with Crippen LogP contribution in [0.1, 0.15) is 12.8 Å². The van der Waals surface area contributed by atoms with Gasteiger partial charge in [-0.25, -0.2) is 0 Å². The lowest BCUT2D eigenvalue weighted by molar-refractivity contribution is -0.126. The number of carbonyl (C=O) groups excluding carboxylic acids is 3. The summed E-state index contributed by atoms with van der Waals surface area (Å²) in [6, 6.07) is 10.9. The van der Waals surface area contributed by atoms with E-state index in [1.807, 2.05) is 24.3 Å². The Morgan fingerprint density at radius 1 is 1.22 bits per heavy atom. The molecule has 140 valence electrons. The van der Waals surface area contributed by atoms with Gasteiger partial charge in [-0.15, -0.1) is 0 Å². The lowest BCUT2D eigenvalue weighted by atomic mass is 10.1.